The highest BCUT2D eigenvalue weighted by Gasteiger charge is 2.25. The summed E-state index contributed by atoms with van der Waals surface area (Å²) in [7, 11) is -3.83. The van der Waals surface area contributed by atoms with Gasteiger partial charge in [-0.25, -0.2) is 8.42 Å². The molecule has 1 N–H and O–H groups in total. The summed E-state index contributed by atoms with van der Waals surface area (Å²) in [5.41, 5.74) is 2.91. The standard InChI is InChI=1S/C20H24N2O4S/c1-4-26-18-10-7-14(2)12-19(18)27(24,25)21-16-9-8-15(3)17(13-16)22-11-5-6-20(22)23/h7-10,12-13,21H,4-6,11H2,1-3H3. The van der Waals surface area contributed by atoms with E-state index in [4.69, 9.17) is 4.74 Å². The molecule has 0 bridgehead atoms. The molecule has 1 heterocycles. The second-order valence-corrected chi connectivity index (χ2v) is 8.29. The summed E-state index contributed by atoms with van der Waals surface area (Å²) >= 11 is 0. The molecule has 2 aromatic carbocycles. The fourth-order valence-corrected chi connectivity index (χ4v) is 4.46. The molecule has 0 saturated carbocycles. The number of amides is 1. The minimum atomic E-state index is -3.83. The summed E-state index contributed by atoms with van der Waals surface area (Å²) in [5, 5.41) is 0. The van der Waals surface area contributed by atoms with E-state index < -0.39 is 10.0 Å². The van der Waals surface area contributed by atoms with Crippen molar-refractivity contribution in [2.75, 3.05) is 22.8 Å². The van der Waals surface area contributed by atoms with Crippen LogP contribution in [0.1, 0.15) is 30.9 Å². The van der Waals surface area contributed by atoms with Crippen LogP contribution in [0, 0.1) is 13.8 Å². The Kier molecular flexibility index (Phi) is 5.41. The topological polar surface area (TPSA) is 75.7 Å². The lowest BCUT2D eigenvalue weighted by molar-refractivity contribution is -0.117. The fraction of sp³-hybridized carbons (Fsp3) is 0.350. The van der Waals surface area contributed by atoms with Crippen molar-refractivity contribution in [3.05, 3.63) is 47.5 Å². The van der Waals surface area contributed by atoms with Crippen molar-refractivity contribution in [1.82, 2.24) is 0 Å². The van der Waals surface area contributed by atoms with Crippen molar-refractivity contribution >= 4 is 27.3 Å². The smallest absolute Gasteiger partial charge is 0.265 e. The van der Waals surface area contributed by atoms with Gasteiger partial charge in [-0.15, -0.1) is 0 Å². The van der Waals surface area contributed by atoms with Crippen LogP contribution in [0.25, 0.3) is 0 Å². The van der Waals surface area contributed by atoms with E-state index in [1.807, 2.05) is 32.9 Å². The van der Waals surface area contributed by atoms with E-state index in [2.05, 4.69) is 4.72 Å². The van der Waals surface area contributed by atoms with E-state index in [9.17, 15) is 13.2 Å². The van der Waals surface area contributed by atoms with Crippen molar-refractivity contribution in [3.8, 4) is 5.75 Å². The predicted molar refractivity (Wildman–Crippen MR) is 106 cm³/mol. The minimum absolute atomic E-state index is 0.0652. The molecule has 1 fully saturated rings. The quantitative estimate of drug-likeness (QED) is 0.820. The third-order valence-electron chi connectivity index (χ3n) is 4.51. The number of hydrogen-bond donors (Lipinski definition) is 1. The maximum Gasteiger partial charge on any atom is 0.265 e. The van der Waals surface area contributed by atoms with Crippen LogP contribution in [0.2, 0.25) is 0 Å². The molecule has 0 unspecified atom stereocenters. The Bertz CT molecular complexity index is 970. The van der Waals surface area contributed by atoms with Crippen LogP contribution in [-0.2, 0) is 14.8 Å². The van der Waals surface area contributed by atoms with Gasteiger partial charge in [0.2, 0.25) is 5.91 Å². The number of aryl methyl sites for hydroxylation is 2. The first-order chi connectivity index (χ1) is 12.8. The Morgan fingerprint density at radius 1 is 1.15 bits per heavy atom. The van der Waals surface area contributed by atoms with E-state index in [0.717, 1.165) is 23.2 Å². The van der Waals surface area contributed by atoms with Gasteiger partial charge in [0.05, 0.1) is 12.3 Å². The summed E-state index contributed by atoms with van der Waals surface area (Å²) in [6.07, 6.45) is 1.34. The number of rotatable bonds is 6. The number of anilines is 2. The van der Waals surface area contributed by atoms with Gasteiger partial charge in [-0.3, -0.25) is 9.52 Å². The van der Waals surface area contributed by atoms with Crippen molar-refractivity contribution in [2.45, 2.75) is 38.5 Å². The minimum Gasteiger partial charge on any atom is -0.492 e. The number of ether oxygens (including phenoxy) is 1. The molecule has 0 atom stereocenters. The molecule has 0 radical (unpaired) electrons. The zero-order valence-electron chi connectivity index (χ0n) is 15.8. The van der Waals surface area contributed by atoms with Crippen molar-refractivity contribution in [3.63, 3.8) is 0 Å². The van der Waals surface area contributed by atoms with Crippen LogP contribution >= 0.6 is 0 Å². The summed E-state index contributed by atoms with van der Waals surface area (Å²) in [6, 6.07) is 10.3. The van der Waals surface area contributed by atoms with Gasteiger partial charge in [0, 0.05) is 18.7 Å². The molecule has 7 heteroatoms. The van der Waals surface area contributed by atoms with Crippen LogP contribution in [0.5, 0.6) is 5.75 Å². The second kappa shape index (κ2) is 7.60. The third kappa shape index (κ3) is 4.08. The Morgan fingerprint density at radius 2 is 1.93 bits per heavy atom. The van der Waals surface area contributed by atoms with Gasteiger partial charge in [-0.1, -0.05) is 12.1 Å². The number of sulfonamides is 1. The Morgan fingerprint density at radius 3 is 2.59 bits per heavy atom. The highest BCUT2D eigenvalue weighted by Crippen LogP contribution is 2.31. The van der Waals surface area contributed by atoms with Crippen LogP contribution in [0.4, 0.5) is 11.4 Å². The average molecular weight is 388 g/mol. The largest absolute Gasteiger partial charge is 0.492 e. The normalized spacial score (nSPS) is 14.5. The summed E-state index contributed by atoms with van der Waals surface area (Å²) in [5.74, 6) is 0.382. The Labute approximate surface area is 160 Å². The first-order valence-corrected chi connectivity index (χ1v) is 10.5. The Hall–Kier alpha value is -2.54. The van der Waals surface area contributed by atoms with Gasteiger partial charge in [0.25, 0.3) is 10.0 Å². The molecule has 27 heavy (non-hydrogen) atoms. The first kappa shape index (κ1) is 19.2. The molecule has 1 amide bonds. The molecule has 6 nitrogen and oxygen atoms in total. The average Bonchev–Trinajstić information content (AvgIpc) is 3.04. The summed E-state index contributed by atoms with van der Waals surface area (Å²) in [4.78, 5) is 13.9. The number of nitrogens with one attached hydrogen (secondary N) is 1. The maximum atomic E-state index is 13.0. The third-order valence-corrected chi connectivity index (χ3v) is 5.92. The SMILES string of the molecule is CCOc1ccc(C)cc1S(=O)(=O)Nc1ccc(C)c(N2CCCC2=O)c1. The van der Waals surface area contributed by atoms with Crippen molar-refractivity contribution in [2.24, 2.45) is 0 Å². The highest BCUT2D eigenvalue weighted by atomic mass is 32.2. The molecule has 0 aromatic heterocycles. The zero-order chi connectivity index (χ0) is 19.6. The first-order valence-electron chi connectivity index (χ1n) is 8.99. The van der Waals surface area contributed by atoms with Crippen LogP contribution in [0.3, 0.4) is 0 Å². The van der Waals surface area contributed by atoms with E-state index in [-0.39, 0.29) is 10.8 Å². The van der Waals surface area contributed by atoms with Crippen LogP contribution in [-0.4, -0.2) is 27.5 Å². The molecule has 0 spiro atoms. The van der Waals surface area contributed by atoms with Gasteiger partial charge >= 0.3 is 0 Å². The lowest BCUT2D eigenvalue weighted by Gasteiger charge is -2.20. The molecular weight excluding hydrogens is 364 g/mol. The van der Waals surface area contributed by atoms with Gasteiger partial charge < -0.3 is 9.64 Å². The van der Waals surface area contributed by atoms with Crippen LogP contribution in [0.15, 0.2) is 41.3 Å². The molecule has 1 aliphatic heterocycles. The maximum absolute atomic E-state index is 13.0. The molecule has 2 aromatic rings. The number of benzene rings is 2. The second-order valence-electron chi connectivity index (χ2n) is 6.64. The van der Waals surface area contributed by atoms with Crippen LogP contribution < -0.4 is 14.4 Å². The van der Waals surface area contributed by atoms with Gasteiger partial charge in [0.1, 0.15) is 10.6 Å². The van der Waals surface area contributed by atoms with Gasteiger partial charge in [0.15, 0.2) is 0 Å². The lowest BCUT2D eigenvalue weighted by atomic mass is 10.1. The van der Waals surface area contributed by atoms with Gasteiger partial charge in [-0.05, 0) is 62.6 Å². The Balaban J connectivity index is 1.95. The van der Waals surface area contributed by atoms with E-state index in [1.54, 1.807) is 29.2 Å². The number of hydrogen-bond acceptors (Lipinski definition) is 4. The van der Waals surface area contributed by atoms with E-state index >= 15 is 0 Å². The van der Waals surface area contributed by atoms with Crippen molar-refractivity contribution in [1.29, 1.82) is 0 Å². The molecular formula is C20H24N2O4S. The summed E-state index contributed by atoms with van der Waals surface area (Å²) < 4.78 is 34.0. The fourth-order valence-electron chi connectivity index (χ4n) is 3.18. The zero-order valence-corrected chi connectivity index (χ0v) is 16.6. The molecule has 1 aliphatic rings. The lowest BCUT2D eigenvalue weighted by Crippen LogP contribution is -2.24. The molecule has 0 aliphatic carbocycles. The summed E-state index contributed by atoms with van der Waals surface area (Å²) in [6.45, 7) is 6.58. The van der Waals surface area contributed by atoms with Gasteiger partial charge in [-0.2, -0.15) is 0 Å². The molecule has 1 saturated heterocycles. The number of carbonyl (C=O) groups is 1. The molecule has 144 valence electrons. The predicted octanol–water partition coefficient (Wildman–Crippen LogP) is 3.63. The van der Waals surface area contributed by atoms with E-state index in [1.165, 1.54) is 0 Å². The molecule has 3 rings (SSSR count). The highest BCUT2D eigenvalue weighted by molar-refractivity contribution is 7.92. The van der Waals surface area contributed by atoms with E-state index in [0.29, 0.717) is 31.0 Å². The monoisotopic (exact) mass is 388 g/mol. The number of nitrogens with zero attached hydrogens (tertiary/aromatic N) is 1. The van der Waals surface area contributed by atoms with Crippen molar-refractivity contribution < 1.29 is 17.9 Å². The number of carbonyl (C=O) groups excluding carboxylic acids is 1.